The molecule has 1 aliphatic rings. The minimum Gasteiger partial charge on any atom is -0.504 e. The second-order valence-corrected chi connectivity index (χ2v) is 6.43. The number of nitrogens with one attached hydrogen (secondary N) is 1. The Balaban J connectivity index is 2.02. The van der Waals surface area contributed by atoms with E-state index >= 15 is 0 Å². The largest absolute Gasteiger partial charge is 0.504 e. The van der Waals surface area contributed by atoms with Gasteiger partial charge in [0.2, 0.25) is 0 Å². The van der Waals surface area contributed by atoms with Crippen LogP contribution in [0.5, 0.6) is 11.5 Å². The lowest BCUT2D eigenvalue weighted by Gasteiger charge is -2.34. The van der Waals surface area contributed by atoms with E-state index in [0.29, 0.717) is 11.8 Å². The standard InChI is InChI=1S/C17H27NO2/c1-11-7-12(2)9-15(8-11)18-13(3)14-5-6-16(19)17(10-14)20-4/h5-6,10-13,15,18-19H,7-9H2,1-4H3. The van der Waals surface area contributed by atoms with Crippen molar-refractivity contribution in [2.45, 2.75) is 52.1 Å². The fourth-order valence-corrected chi connectivity index (χ4v) is 3.50. The Morgan fingerprint density at radius 3 is 2.45 bits per heavy atom. The first-order chi connectivity index (χ1) is 9.49. The summed E-state index contributed by atoms with van der Waals surface area (Å²) in [6.07, 6.45) is 3.85. The fourth-order valence-electron chi connectivity index (χ4n) is 3.50. The summed E-state index contributed by atoms with van der Waals surface area (Å²) >= 11 is 0. The van der Waals surface area contributed by atoms with Gasteiger partial charge in [-0.3, -0.25) is 0 Å². The smallest absolute Gasteiger partial charge is 0.160 e. The molecule has 0 spiro atoms. The molecule has 0 amide bonds. The van der Waals surface area contributed by atoms with E-state index in [1.165, 1.54) is 19.3 Å². The summed E-state index contributed by atoms with van der Waals surface area (Å²) in [6.45, 7) is 6.87. The Hall–Kier alpha value is -1.22. The first-order valence-electron chi connectivity index (χ1n) is 7.62. The number of phenolic OH excluding ortho intramolecular Hbond substituents is 1. The number of rotatable bonds is 4. The van der Waals surface area contributed by atoms with Crippen molar-refractivity contribution < 1.29 is 9.84 Å². The van der Waals surface area contributed by atoms with E-state index in [2.05, 4.69) is 26.1 Å². The van der Waals surface area contributed by atoms with Gasteiger partial charge in [-0.05, 0) is 55.7 Å². The molecule has 0 bridgehead atoms. The average Bonchev–Trinajstić information content (AvgIpc) is 2.37. The van der Waals surface area contributed by atoms with Crippen molar-refractivity contribution in [3.05, 3.63) is 23.8 Å². The molecule has 0 heterocycles. The molecule has 3 atom stereocenters. The second-order valence-electron chi connectivity index (χ2n) is 6.43. The molecule has 3 heteroatoms. The summed E-state index contributed by atoms with van der Waals surface area (Å²) < 4.78 is 5.18. The summed E-state index contributed by atoms with van der Waals surface area (Å²) in [6, 6.07) is 6.45. The van der Waals surface area contributed by atoms with Crippen LogP contribution in [0.4, 0.5) is 0 Å². The van der Waals surface area contributed by atoms with Gasteiger partial charge in [-0.25, -0.2) is 0 Å². The zero-order valence-corrected chi connectivity index (χ0v) is 13.0. The van der Waals surface area contributed by atoms with Gasteiger partial charge in [0.1, 0.15) is 0 Å². The van der Waals surface area contributed by atoms with Gasteiger partial charge < -0.3 is 15.2 Å². The lowest BCUT2D eigenvalue weighted by molar-refractivity contribution is 0.228. The van der Waals surface area contributed by atoms with Crippen LogP contribution in [-0.4, -0.2) is 18.3 Å². The van der Waals surface area contributed by atoms with Crippen LogP contribution >= 0.6 is 0 Å². The SMILES string of the molecule is COc1cc(C(C)NC2CC(C)CC(C)C2)ccc1O. The summed E-state index contributed by atoms with van der Waals surface area (Å²) in [7, 11) is 1.58. The molecule has 1 aliphatic carbocycles. The summed E-state index contributed by atoms with van der Waals surface area (Å²) in [4.78, 5) is 0. The highest BCUT2D eigenvalue weighted by Gasteiger charge is 2.25. The van der Waals surface area contributed by atoms with E-state index in [4.69, 9.17) is 4.74 Å². The zero-order chi connectivity index (χ0) is 14.7. The Morgan fingerprint density at radius 1 is 1.20 bits per heavy atom. The quantitative estimate of drug-likeness (QED) is 0.877. The van der Waals surface area contributed by atoms with Crippen LogP contribution in [0.15, 0.2) is 18.2 Å². The highest BCUT2D eigenvalue weighted by Crippen LogP contribution is 2.32. The van der Waals surface area contributed by atoms with Crippen LogP contribution in [0.1, 0.15) is 51.6 Å². The van der Waals surface area contributed by atoms with Crippen molar-refractivity contribution in [3.63, 3.8) is 0 Å². The fraction of sp³-hybridized carbons (Fsp3) is 0.647. The third-order valence-corrected chi connectivity index (χ3v) is 4.37. The van der Waals surface area contributed by atoms with Crippen LogP contribution in [0.2, 0.25) is 0 Å². The molecule has 1 fully saturated rings. The van der Waals surface area contributed by atoms with Crippen LogP contribution in [-0.2, 0) is 0 Å². The molecule has 1 aromatic carbocycles. The number of benzene rings is 1. The Labute approximate surface area is 122 Å². The van der Waals surface area contributed by atoms with Crippen molar-refractivity contribution in [1.82, 2.24) is 5.32 Å². The number of hydrogen-bond acceptors (Lipinski definition) is 3. The summed E-state index contributed by atoms with van der Waals surface area (Å²) in [5.41, 5.74) is 1.16. The van der Waals surface area contributed by atoms with Gasteiger partial charge in [0.05, 0.1) is 7.11 Å². The van der Waals surface area contributed by atoms with E-state index in [1.807, 2.05) is 12.1 Å². The van der Waals surface area contributed by atoms with Gasteiger partial charge >= 0.3 is 0 Å². The molecule has 1 aromatic rings. The lowest BCUT2D eigenvalue weighted by atomic mass is 9.80. The van der Waals surface area contributed by atoms with Gasteiger partial charge in [0.15, 0.2) is 11.5 Å². The molecular weight excluding hydrogens is 250 g/mol. The van der Waals surface area contributed by atoms with E-state index in [-0.39, 0.29) is 11.8 Å². The summed E-state index contributed by atoms with van der Waals surface area (Å²) in [5, 5.41) is 13.4. The summed E-state index contributed by atoms with van der Waals surface area (Å²) in [5.74, 6) is 2.35. The van der Waals surface area contributed by atoms with Crippen LogP contribution in [0.25, 0.3) is 0 Å². The minimum atomic E-state index is 0.198. The molecule has 0 aromatic heterocycles. The third-order valence-electron chi connectivity index (χ3n) is 4.37. The molecule has 112 valence electrons. The van der Waals surface area contributed by atoms with Gasteiger partial charge in [0, 0.05) is 12.1 Å². The number of aromatic hydroxyl groups is 1. The molecule has 2 N–H and O–H groups in total. The van der Waals surface area contributed by atoms with Gasteiger partial charge in [-0.15, -0.1) is 0 Å². The first kappa shape index (κ1) is 15.2. The van der Waals surface area contributed by atoms with Crippen LogP contribution in [0, 0.1) is 11.8 Å². The van der Waals surface area contributed by atoms with Gasteiger partial charge in [-0.2, -0.15) is 0 Å². The first-order valence-corrected chi connectivity index (χ1v) is 7.62. The molecule has 1 saturated carbocycles. The van der Waals surface area contributed by atoms with E-state index in [0.717, 1.165) is 17.4 Å². The Morgan fingerprint density at radius 2 is 1.85 bits per heavy atom. The predicted octanol–water partition coefficient (Wildman–Crippen LogP) is 3.88. The van der Waals surface area contributed by atoms with E-state index in [1.54, 1.807) is 13.2 Å². The predicted molar refractivity (Wildman–Crippen MR) is 82.2 cm³/mol. The number of ether oxygens (including phenoxy) is 1. The number of phenols is 1. The molecule has 20 heavy (non-hydrogen) atoms. The van der Waals surface area contributed by atoms with E-state index < -0.39 is 0 Å². The maximum atomic E-state index is 9.66. The van der Waals surface area contributed by atoms with E-state index in [9.17, 15) is 5.11 Å². The molecule has 0 aliphatic heterocycles. The van der Waals surface area contributed by atoms with Crippen molar-refractivity contribution >= 4 is 0 Å². The second kappa shape index (κ2) is 6.49. The van der Waals surface area contributed by atoms with Crippen LogP contribution in [0.3, 0.4) is 0 Å². The van der Waals surface area contributed by atoms with Crippen molar-refractivity contribution in [1.29, 1.82) is 0 Å². The number of methoxy groups -OCH3 is 1. The monoisotopic (exact) mass is 277 g/mol. The van der Waals surface area contributed by atoms with Crippen molar-refractivity contribution in [2.24, 2.45) is 11.8 Å². The normalized spacial score (nSPS) is 28.1. The maximum absolute atomic E-state index is 9.66. The zero-order valence-electron chi connectivity index (χ0n) is 13.0. The highest BCUT2D eigenvalue weighted by atomic mass is 16.5. The number of hydrogen-bond donors (Lipinski definition) is 2. The van der Waals surface area contributed by atoms with Gasteiger partial charge in [0.25, 0.3) is 0 Å². The average molecular weight is 277 g/mol. The molecule has 0 radical (unpaired) electrons. The topological polar surface area (TPSA) is 41.5 Å². The molecule has 2 rings (SSSR count). The molecule has 0 saturated heterocycles. The lowest BCUT2D eigenvalue weighted by Crippen LogP contribution is -2.37. The van der Waals surface area contributed by atoms with Crippen LogP contribution < -0.4 is 10.1 Å². The molecular formula is C17H27NO2. The highest BCUT2D eigenvalue weighted by molar-refractivity contribution is 5.42. The minimum absolute atomic E-state index is 0.198. The third kappa shape index (κ3) is 3.66. The molecule has 3 unspecified atom stereocenters. The molecule has 3 nitrogen and oxygen atoms in total. The van der Waals surface area contributed by atoms with Crippen molar-refractivity contribution in [3.8, 4) is 11.5 Å². The van der Waals surface area contributed by atoms with Gasteiger partial charge in [-0.1, -0.05) is 19.9 Å². The Kier molecular flexibility index (Phi) is 4.92. The van der Waals surface area contributed by atoms with Crippen molar-refractivity contribution in [2.75, 3.05) is 7.11 Å². The maximum Gasteiger partial charge on any atom is 0.160 e. The Bertz CT molecular complexity index is 437.